The molecule has 16 heteroatoms. The fraction of sp³-hybridized carbons (Fsp3) is 0.409. The number of halogens is 4. The van der Waals surface area contributed by atoms with Gasteiger partial charge in [0, 0.05) is 38.3 Å². The normalized spacial score (nSPS) is 17.6. The molecule has 0 spiro atoms. The Morgan fingerprint density at radius 3 is 2.66 bits per heavy atom. The first-order chi connectivity index (χ1) is 17.8. The molecule has 0 saturated carbocycles. The number of carbonyl (C=O) groups is 1. The van der Waals surface area contributed by atoms with Crippen LogP contribution < -0.4 is 10.2 Å². The van der Waals surface area contributed by atoms with E-state index in [1.807, 2.05) is 0 Å². The molecule has 0 aliphatic carbocycles. The lowest BCUT2D eigenvalue weighted by Crippen LogP contribution is -2.55. The Balaban J connectivity index is 1.42. The summed E-state index contributed by atoms with van der Waals surface area (Å²) in [6.07, 6.45) is 0.449. The molecule has 1 aliphatic rings. The first-order valence-electron chi connectivity index (χ1n) is 11.3. The van der Waals surface area contributed by atoms with Gasteiger partial charge in [0.15, 0.2) is 16.8 Å². The van der Waals surface area contributed by atoms with Gasteiger partial charge in [0.1, 0.15) is 0 Å². The van der Waals surface area contributed by atoms with Crippen molar-refractivity contribution in [3.8, 4) is 0 Å². The number of hydrogen-bond donors (Lipinski definition) is 3. The zero-order chi connectivity index (χ0) is 27.8. The average Bonchev–Trinajstić information content (AvgIpc) is 3.24. The van der Waals surface area contributed by atoms with Crippen molar-refractivity contribution < 1.29 is 41.0 Å². The summed E-state index contributed by atoms with van der Waals surface area (Å²) in [4.78, 5) is 23.4. The number of amides is 2. The van der Waals surface area contributed by atoms with Gasteiger partial charge >= 0.3 is 11.5 Å². The highest BCUT2D eigenvalue weighted by Crippen LogP contribution is 2.34. The van der Waals surface area contributed by atoms with Crippen molar-refractivity contribution in [2.75, 3.05) is 36.5 Å². The van der Waals surface area contributed by atoms with Gasteiger partial charge < -0.3 is 20.0 Å². The van der Waals surface area contributed by atoms with Gasteiger partial charge in [0.25, 0.3) is 9.84 Å². The van der Waals surface area contributed by atoms with Gasteiger partial charge in [-0.2, -0.15) is 13.2 Å². The van der Waals surface area contributed by atoms with E-state index in [0.717, 1.165) is 29.5 Å². The van der Waals surface area contributed by atoms with Crippen LogP contribution in [0.15, 0.2) is 35.4 Å². The summed E-state index contributed by atoms with van der Waals surface area (Å²) in [6, 6.07) is 3.15. The van der Waals surface area contributed by atoms with Crippen LogP contribution in [-0.4, -0.2) is 83.4 Å². The lowest BCUT2D eigenvalue weighted by molar-refractivity contribution is -0.0436. The molecule has 38 heavy (non-hydrogen) atoms. The predicted molar refractivity (Wildman–Crippen MR) is 131 cm³/mol. The Morgan fingerprint density at radius 2 is 2.03 bits per heavy atom. The van der Waals surface area contributed by atoms with Crippen molar-refractivity contribution in [3.63, 3.8) is 0 Å². The van der Waals surface area contributed by atoms with Crippen LogP contribution in [0.1, 0.15) is 12.5 Å². The number of anilines is 2. The number of aliphatic hydroxyl groups is 2. The van der Waals surface area contributed by atoms with E-state index in [0.29, 0.717) is 5.56 Å². The highest BCUT2D eigenvalue weighted by molar-refractivity contribution is 7.92. The summed E-state index contributed by atoms with van der Waals surface area (Å²) < 4.78 is 76.8. The van der Waals surface area contributed by atoms with Crippen molar-refractivity contribution in [2.24, 2.45) is 0 Å². The third-order valence-electron chi connectivity index (χ3n) is 5.94. The molecule has 2 atom stereocenters. The van der Waals surface area contributed by atoms with Crippen molar-refractivity contribution in [3.05, 3.63) is 41.8 Å². The Hall–Kier alpha value is -3.08. The van der Waals surface area contributed by atoms with E-state index < -0.39 is 44.8 Å². The topological polar surface area (TPSA) is 136 Å². The second kappa shape index (κ2) is 10.6. The molecular formula is C22H23F4N5O5S2. The molecule has 3 aromatic rings. The van der Waals surface area contributed by atoms with Gasteiger partial charge in [-0.05, 0) is 36.8 Å². The number of nitrogens with one attached hydrogen (secondary N) is 1. The number of fused-ring (bicyclic) bond motifs is 1. The maximum atomic E-state index is 14.7. The number of sulfone groups is 1. The molecule has 1 aromatic carbocycles. The minimum atomic E-state index is -5.52. The largest absolute Gasteiger partial charge is 0.501 e. The standard InChI is InChI=1S/C22H23F4N5O5S2/c1-12-10-30(19-16(23)7-13(9-27-19)6-14(33)11-32)4-5-31(12)21(34)29-20-28-17-3-2-15(8-18(17)37-20)38(35,36)22(24,25)26/h2-3,7-9,12,14,32-33H,4-6,10-11H2,1H3,(H,28,29,34)/t12-,14-/m0/s1. The monoisotopic (exact) mass is 577 g/mol. The summed E-state index contributed by atoms with van der Waals surface area (Å²) in [5.41, 5.74) is -4.79. The SMILES string of the molecule is C[C@H]1CN(c2ncc(C[C@H](O)CO)cc2F)CCN1C(=O)Nc1nc2ccc(S(=O)(=O)C(F)(F)F)cc2s1. The van der Waals surface area contributed by atoms with Gasteiger partial charge in [-0.15, -0.1) is 0 Å². The number of benzene rings is 1. The molecule has 2 aromatic heterocycles. The second-order valence-electron chi connectivity index (χ2n) is 8.71. The predicted octanol–water partition coefficient (Wildman–Crippen LogP) is 2.76. The van der Waals surface area contributed by atoms with E-state index in [-0.39, 0.29) is 53.3 Å². The van der Waals surface area contributed by atoms with Gasteiger partial charge in [-0.25, -0.2) is 27.6 Å². The van der Waals surface area contributed by atoms with E-state index in [1.54, 1.807) is 11.8 Å². The minimum Gasteiger partial charge on any atom is -0.394 e. The smallest absolute Gasteiger partial charge is 0.394 e. The number of thiazole rings is 1. The van der Waals surface area contributed by atoms with Crippen molar-refractivity contribution in [1.82, 2.24) is 14.9 Å². The van der Waals surface area contributed by atoms with E-state index in [4.69, 9.17) is 5.11 Å². The van der Waals surface area contributed by atoms with E-state index in [1.165, 1.54) is 17.2 Å². The molecule has 3 N–H and O–H groups in total. The van der Waals surface area contributed by atoms with Gasteiger partial charge in [-0.3, -0.25) is 5.32 Å². The average molecular weight is 578 g/mol. The van der Waals surface area contributed by atoms with Crippen LogP contribution in [0, 0.1) is 5.82 Å². The van der Waals surface area contributed by atoms with Crippen LogP contribution in [0.4, 0.5) is 33.3 Å². The van der Waals surface area contributed by atoms with Crippen LogP contribution in [-0.2, 0) is 16.3 Å². The quantitative estimate of drug-likeness (QED) is 0.381. The van der Waals surface area contributed by atoms with Crippen molar-refractivity contribution >= 4 is 48.4 Å². The molecule has 1 aliphatic heterocycles. The molecule has 10 nitrogen and oxygen atoms in total. The molecule has 0 radical (unpaired) electrons. The maximum Gasteiger partial charge on any atom is 0.501 e. The number of hydrogen-bond acceptors (Lipinski definition) is 9. The summed E-state index contributed by atoms with van der Waals surface area (Å²) in [7, 11) is -5.52. The second-order valence-corrected chi connectivity index (χ2v) is 11.7. The number of pyridine rings is 1. The van der Waals surface area contributed by atoms with Crippen LogP contribution >= 0.6 is 11.3 Å². The third kappa shape index (κ3) is 5.67. The summed E-state index contributed by atoms with van der Waals surface area (Å²) in [6.45, 7) is 2.02. The fourth-order valence-electron chi connectivity index (χ4n) is 4.03. The number of aromatic nitrogens is 2. The zero-order valence-corrected chi connectivity index (χ0v) is 21.4. The van der Waals surface area contributed by atoms with Crippen LogP contribution in [0.5, 0.6) is 0 Å². The lowest BCUT2D eigenvalue weighted by atomic mass is 10.1. The number of alkyl halides is 3. The lowest BCUT2D eigenvalue weighted by Gasteiger charge is -2.40. The molecule has 0 unspecified atom stereocenters. The van der Waals surface area contributed by atoms with Gasteiger partial charge in [0.2, 0.25) is 0 Å². The van der Waals surface area contributed by atoms with E-state index in [9.17, 15) is 35.9 Å². The summed E-state index contributed by atoms with van der Waals surface area (Å²) in [5, 5.41) is 21.1. The minimum absolute atomic E-state index is 0.0519. The molecule has 1 saturated heterocycles. The fourth-order valence-corrected chi connectivity index (χ4v) is 5.78. The first-order valence-corrected chi connectivity index (χ1v) is 13.6. The summed E-state index contributed by atoms with van der Waals surface area (Å²) >= 11 is 0.833. The van der Waals surface area contributed by atoms with E-state index >= 15 is 0 Å². The zero-order valence-electron chi connectivity index (χ0n) is 19.8. The summed E-state index contributed by atoms with van der Waals surface area (Å²) in [5.74, 6) is -0.506. The number of nitrogens with zero attached hydrogens (tertiary/aromatic N) is 4. The number of urea groups is 1. The Kier molecular flexibility index (Phi) is 7.79. The number of rotatable bonds is 6. The Bertz CT molecular complexity index is 1450. The molecule has 4 rings (SSSR count). The van der Waals surface area contributed by atoms with E-state index in [2.05, 4.69) is 15.3 Å². The highest BCUT2D eigenvalue weighted by atomic mass is 32.2. The van der Waals surface area contributed by atoms with Crippen LogP contribution in [0.3, 0.4) is 0 Å². The molecule has 206 valence electrons. The third-order valence-corrected chi connectivity index (χ3v) is 8.35. The Morgan fingerprint density at radius 1 is 1.29 bits per heavy atom. The van der Waals surface area contributed by atoms with Crippen LogP contribution in [0.25, 0.3) is 10.2 Å². The number of aliphatic hydroxyl groups excluding tert-OH is 2. The first kappa shape index (κ1) is 27.9. The number of piperazine rings is 1. The van der Waals surface area contributed by atoms with Crippen molar-refractivity contribution in [1.29, 1.82) is 0 Å². The molecule has 3 heterocycles. The molecular weight excluding hydrogens is 554 g/mol. The van der Waals surface area contributed by atoms with Gasteiger partial charge in [0.05, 0.1) is 27.8 Å². The van der Waals surface area contributed by atoms with Crippen LogP contribution in [0.2, 0.25) is 0 Å². The highest BCUT2D eigenvalue weighted by Gasteiger charge is 2.47. The molecule has 1 fully saturated rings. The molecule has 2 amide bonds. The maximum absolute atomic E-state index is 14.7. The number of carbonyl (C=O) groups excluding carboxylic acids is 1. The molecule has 0 bridgehead atoms. The van der Waals surface area contributed by atoms with Crippen molar-refractivity contribution in [2.45, 2.75) is 35.9 Å². The van der Waals surface area contributed by atoms with Gasteiger partial charge in [-0.1, -0.05) is 11.3 Å². The Labute approximate surface area is 218 Å².